The van der Waals surface area contributed by atoms with Gasteiger partial charge < -0.3 is 9.47 Å². The topological polar surface area (TPSA) is 38.8 Å². The largest absolute Gasteiger partial charge is 0.496 e. The van der Waals surface area contributed by atoms with Gasteiger partial charge in [0.05, 0.1) is 13.7 Å². The molecule has 0 aromatic heterocycles. The smallest absolute Gasteiger partial charge is 0.167 e. The standard InChI is InChI=1S/C20H23NO3/c1-23-19-10-6-5-9-17(19)13-18(22)20-15-21(11-12-24-20)14-16-7-3-2-4-8-16/h2-10,20H,11-15H2,1H3. The summed E-state index contributed by atoms with van der Waals surface area (Å²) < 4.78 is 11.1. The fourth-order valence-electron chi connectivity index (χ4n) is 3.03. The molecule has 0 saturated carbocycles. The second-order valence-corrected chi connectivity index (χ2v) is 6.04. The third kappa shape index (κ3) is 4.22. The number of benzene rings is 2. The molecule has 0 spiro atoms. The molecular formula is C20H23NO3. The molecule has 2 aromatic rings. The van der Waals surface area contributed by atoms with Crippen LogP contribution >= 0.6 is 0 Å². The highest BCUT2D eigenvalue weighted by Gasteiger charge is 2.27. The van der Waals surface area contributed by atoms with Crippen molar-refractivity contribution < 1.29 is 14.3 Å². The molecule has 0 N–H and O–H groups in total. The predicted molar refractivity (Wildman–Crippen MR) is 93.2 cm³/mol. The molecular weight excluding hydrogens is 302 g/mol. The first-order valence-corrected chi connectivity index (χ1v) is 8.29. The third-order valence-electron chi connectivity index (χ3n) is 4.32. The number of methoxy groups -OCH3 is 1. The Hall–Kier alpha value is -2.17. The molecule has 3 rings (SSSR count). The van der Waals surface area contributed by atoms with Gasteiger partial charge in [0.1, 0.15) is 11.9 Å². The number of ketones is 1. The fourth-order valence-corrected chi connectivity index (χ4v) is 3.03. The first-order chi connectivity index (χ1) is 11.8. The van der Waals surface area contributed by atoms with Gasteiger partial charge in [-0.25, -0.2) is 0 Å². The van der Waals surface area contributed by atoms with Crippen LogP contribution in [0.25, 0.3) is 0 Å². The van der Waals surface area contributed by atoms with Gasteiger partial charge >= 0.3 is 0 Å². The lowest BCUT2D eigenvalue weighted by Gasteiger charge is -2.32. The van der Waals surface area contributed by atoms with Crippen LogP contribution < -0.4 is 4.74 Å². The monoisotopic (exact) mass is 325 g/mol. The summed E-state index contributed by atoms with van der Waals surface area (Å²) in [6.45, 7) is 2.94. The van der Waals surface area contributed by atoms with Crippen molar-refractivity contribution in [1.29, 1.82) is 0 Å². The second-order valence-electron chi connectivity index (χ2n) is 6.04. The van der Waals surface area contributed by atoms with E-state index in [-0.39, 0.29) is 11.9 Å². The number of nitrogens with zero attached hydrogens (tertiary/aromatic N) is 1. The van der Waals surface area contributed by atoms with E-state index in [4.69, 9.17) is 9.47 Å². The summed E-state index contributed by atoms with van der Waals surface area (Å²) in [5, 5.41) is 0. The van der Waals surface area contributed by atoms with Crippen LogP contribution in [0.5, 0.6) is 5.75 Å². The minimum Gasteiger partial charge on any atom is -0.496 e. The molecule has 0 amide bonds. The molecule has 1 heterocycles. The molecule has 24 heavy (non-hydrogen) atoms. The maximum Gasteiger partial charge on any atom is 0.167 e. The van der Waals surface area contributed by atoms with Gasteiger partial charge in [-0.3, -0.25) is 9.69 Å². The Bertz CT molecular complexity index is 672. The normalized spacial score (nSPS) is 18.3. The van der Waals surface area contributed by atoms with Crippen molar-refractivity contribution in [3.8, 4) is 5.75 Å². The predicted octanol–water partition coefficient (Wildman–Crippen LogP) is 2.71. The van der Waals surface area contributed by atoms with E-state index in [0.29, 0.717) is 19.6 Å². The Labute approximate surface area is 143 Å². The Morgan fingerprint density at radius 3 is 2.71 bits per heavy atom. The molecule has 1 aliphatic heterocycles. The molecule has 126 valence electrons. The lowest BCUT2D eigenvalue weighted by molar-refractivity contribution is -0.135. The van der Waals surface area contributed by atoms with E-state index >= 15 is 0 Å². The lowest BCUT2D eigenvalue weighted by atomic mass is 10.0. The van der Waals surface area contributed by atoms with E-state index < -0.39 is 0 Å². The Morgan fingerprint density at radius 1 is 1.17 bits per heavy atom. The van der Waals surface area contributed by atoms with Crippen molar-refractivity contribution >= 4 is 5.78 Å². The molecule has 4 heteroatoms. The SMILES string of the molecule is COc1ccccc1CC(=O)C1CN(Cc2ccccc2)CCO1. The van der Waals surface area contributed by atoms with Gasteiger partial charge in [0.15, 0.2) is 5.78 Å². The van der Waals surface area contributed by atoms with Gasteiger partial charge in [-0.05, 0) is 11.6 Å². The number of hydrogen-bond acceptors (Lipinski definition) is 4. The highest BCUT2D eigenvalue weighted by atomic mass is 16.5. The summed E-state index contributed by atoms with van der Waals surface area (Å²) in [6, 6.07) is 18.0. The van der Waals surface area contributed by atoms with Crippen LogP contribution in [-0.4, -0.2) is 43.6 Å². The van der Waals surface area contributed by atoms with Crippen molar-refractivity contribution in [2.24, 2.45) is 0 Å². The first kappa shape index (κ1) is 16.7. The van der Waals surface area contributed by atoms with E-state index in [1.165, 1.54) is 5.56 Å². The van der Waals surface area contributed by atoms with Crippen LogP contribution in [0, 0.1) is 0 Å². The molecule has 0 bridgehead atoms. The van der Waals surface area contributed by atoms with Gasteiger partial charge in [0.25, 0.3) is 0 Å². The average Bonchev–Trinajstić information content (AvgIpc) is 2.63. The minimum absolute atomic E-state index is 0.109. The lowest BCUT2D eigenvalue weighted by Crippen LogP contribution is -2.46. The average molecular weight is 325 g/mol. The number of ether oxygens (including phenoxy) is 2. The fraction of sp³-hybridized carbons (Fsp3) is 0.350. The van der Waals surface area contributed by atoms with Crippen LogP contribution in [0.1, 0.15) is 11.1 Å². The zero-order valence-electron chi connectivity index (χ0n) is 14.0. The van der Waals surface area contributed by atoms with Crippen molar-refractivity contribution in [2.45, 2.75) is 19.1 Å². The molecule has 0 aliphatic carbocycles. The van der Waals surface area contributed by atoms with E-state index in [1.807, 2.05) is 42.5 Å². The Balaban J connectivity index is 1.60. The highest BCUT2D eigenvalue weighted by molar-refractivity contribution is 5.86. The van der Waals surface area contributed by atoms with Crippen molar-refractivity contribution in [1.82, 2.24) is 4.90 Å². The number of rotatable bonds is 6. The summed E-state index contributed by atoms with van der Waals surface area (Å²) in [6.07, 6.45) is -0.0270. The van der Waals surface area contributed by atoms with Crippen molar-refractivity contribution in [2.75, 3.05) is 26.8 Å². The van der Waals surface area contributed by atoms with Crippen LogP contribution in [0.3, 0.4) is 0 Å². The Kier molecular flexibility index (Phi) is 5.62. The van der Waals surface area contributed by atoms with Crippen LogP contribution in [-0.2, 0) is 22.5 Å². The maximum absolute atomic E-state index is 12.6. The van der Waals surface area contributed by atoms with Gasteiger partial charge in [0, 0.05) is 31.6 Å². The number of morpholine rings is 1. The van der Waals surface area contributed by atoms with E-state index in [2.05, 4.69) is 17.0 Å². The highest BCUT2D eigenvalue weighted by Crippen LogP contribution is 2.20. The quantitative estimate of drug-likeness (QED) is 0.818. The summed E-state index contributed by atoms with van der Waals surface area (Å²) in [5.41, 5.74) is 2.17. The molecule has 1 unspecified atom stereocenters. The van der Waals surface area contributed by atoms with Gasteiger partial charge in [-0.2, -0.15) is 0 Å². The molecule has 1 saturated heterocycles. The third-order valence-corrected chi connectivity index (χ3v) is 4.32. The summed E-state index contributed by atoms with van der Waals surface area (Å²) in [4.78, 5) is 14.9. The summed E-state index contributed by atoms with van der Waals surface area (Å²) >= 11 is 0. The molecule has 1 atom stereocenters. The van der Waals surface area contributed by atoms with Gasteiger partial charge in [-0.15, -0.1) is 0 Å². The zero-order chi connectivity index (χ0) is 16.8. The molecule has 2 aromatic carbocycles. The number of hydrogen-bond donors (Lipinski definition) is 0. The second kappa shape index (κ2) is 8.08. The molecule has 1 fully saturated rings. The summed E-state index contributed by atoms with van der Waals surface area (Å²) in [5.74, 6) is 0.861. The van der Waals surface area contributed by atoms with Crippen LogP contribution in [0.15, 0.2) is 54.6 Å². The number of Topliss-reactive ketones (excluding diaryl/α,β-unsaturated/α-hetero) is 1. The minimum atomic E-state index is -0.368. The van der Waals surface area contributed by atoms with Crippen molar-refractivity contribution in [3.05, 3.63) is 65.7 Å². The van der Waals surface area contributed by atoms with E-state index in [1.54, 1.807) is 7.11 Å². The van der Waals surface area contributed by atoms with E-state index in [0.717, 1.165) is 24.4 Å². The number of para-hydroxylation sites is 1. The zero-order valence-corrected chi connectivity index (χ0v) is 14.0. The number of carbonyl (C=O) groups excluding carboxylic acids is 1. The van der Waals surface area contributed by atoms with Crippen molar-refractivity contribution in [3.63, 3.8) is 0 Å². The molecule has 1 aliphatic rings. The maximum atomic E-state index is 12.6. The number of carbonyl (C=O) groups is 1. The van der Waals surface area contributed by atoms with Gasteiger partial charge in [0.2, 0.25) is 0 Å². The summed E-state index contributed by atoms with van der Waals surface area (Å²) in [7, 11) is 1.63. The molecule has 0 radical (unpaired) electrons. The van der Waals surface area contributed by atoms with Crippen LogP contribution in [0.4, 0.5) is 0 Å². The van der Waals surface area contributed by atoms with Gasteiger partial charge in [-0.1, -0.05) is 48.5 Å². The Morgan fingerprint density at radius 2 is 1.92 bits per heavy atom. The van der Waals surface area contributed by atoms with Crippen LogP contribution in [0.2, 0.25) is 0 Å². The van der Waals surface area contributed by atoms with E-state index in [9.17, 15) is 4.79 Å². The molecule has 4 nitrogen and oxygen atoms in total. The first-order valence-electron chi connectivity index (χ1n) is 8.29.